The van der Waals surface area contributed by atoms with E-state index in [1.54, 1.807) is 0 Å². The van der Waals surface area contributed by atoms with Crippen molar-refractivity contribution in [3.05, 3.63) is 94.8 Å². The second kappa shape index (κ2) is 10.3. The monoisotopic (exact) mass is 447 g/mol. The van der Waals surface area contributed by atoms with Crippen LogP contribution < -0.4 is 10.1 Å². The summed E-state index contributed by atoms with van der Waals surface area (Å²) in [7, 11) is 0. The molecule has 164 valence electrons. The molecule has 0 aliphatic carbocycles. The summed E-state index contributed by atoms with van der Waals surface area (Å²) in [6.07, 6.45) is 1.56. The van der Waals surface area contributed by atoms with Crippen molar-refractivity contribution in [2.24, 2.45) is 0 Å². The molecule has 0 aliphatic heterocycles. The van der Waals surface area contributed by atoms with E-state index >= 15 is 0 Å². The fourth-order valence-electron chi connectivity index (χ4n) is 3.71. The first-order valence-corrected chi connectivity index (χ1v) is 11.2. The zero-order chi connectivity index (χ0) is 22.3. The smallest absolute Gasteiger partial charge is 0.251 e. The highest BCUT2D eigenvalue weighted by atomic mass is 35.5. The third-order valence-corrected chi connectivity index (χ3v) is 5.60. The summed E-state index contributed by atoms with van der Waals surface area (Å²) in [5.41, 5.74) is 3.80. The van der Waals surface area contributed by atoms with Crippen LogP contribution in [-0.4, -0.2) is 28.6 Å². The number of rotatable bonds is 9. The highest BCUT2D eigenvalue weighted by Gasteiger charge is 2.11. The standard InChI is InChI=1S/C26H26ClN3O2/c1-19-8-6-9-20(18-19)26(31)28-15-7-14-25-29-22-11-3-4-12-23(22)30(25)16-17-32-24-13-5-2-10-21(24)27/h2-6,8-13,18H,7,14-17H2,1H3,(H,28,31). The van der Waals surface area contributed by atoms with E-state index < -0.39 is 0 Å². The fraction of sp³-hybridized carbons (Fsp3) is 0.231. The maximum atomic E-state index is 12.4. The van der Waals surface area contributed by atoms with Crippen LogP contribution in [0.25, 0.3) is 11.0 Å². The highest BCUT2D eigenvalue weighted by Crippen LogP contribution is 2.23. The van der Waals surface area contributed by atoms with E-state index in [4.69, 9.17) is 21.3 Å². The van der Waals surface area contributed by atoms with E-state index in [0.29, 0.717) is 36.0 Å². The van der Waals surface area contributed by atoms with Gasteiger partial charge in [-0.1, -0.05) is 53.6 Å². The Bertz CT molecular complexity index is 1220. The Morgan fingerprint density at radius 3 is 2.72 bits per heavy atom. The first-order valence-electron chi connectivity index (χ1n) is 10.8. The molecule has 0 aliphatic rings. The normalized spacial score (nSPS) is 10.9. The van der Waals surface area contributed by atoms with Gasteiger partial charge in [-0.15, -0.1) is 0 Å². The second-order valence-corrected chi connectivity index (χ2v) is 8.08. The number of carbonyl (C=O) groups excluding carboxylic acids is 1. The van der Waals surface area contributed by atoms with Crippen molar-refractivity contribution in [3.63, 3.8) is 0 Å². The first-order chi connectivity index (χ1) is 15.6. The zero-order valence-electron chi connectivity index (χ0n) is 18.1. The number of hydrogen-bond donors (Lipinski definition) is 1. The van der Waals surface area contributed by atoms with Crippen molar-refractivity contribution >= 4 is 28.5 Å². The van der Waals surface area contributed by atoms with Crippen LogP contribution in [0.2, 0.25) is 5.02 Å². The molecule has 0 atom stereocenters. The highest BCUT2D eigenvalue weighted by molar-refractivity contribution is 6.32. The molecule has 0 radical (unpaired) electrons. The largest absolute Gasteiger partial charge is 0.490 e. The predicted molar refractivity (Wildman–Crippen MR) is 129 cm³/mol. The molecule has 0 unspecified atom stereocenters. The van der Waals surface area contributed by atoms with Crippen LogP contribution >= 0.6 is 11.6 Å². The molecule has 3 aromatic carbocycles. The van der Waals surface area contributed by atoms with Gasteiger partial charge in [0.25, 0.3) is 5.91 Å². The molecule has 4 rings (SSSR count). The van der Waals surface area contributed by atoms with Crippen LogP contribution in [0.15, 0.2) is 72.8 Å². The van der Waals surface area contributed by atoms with Crippen molar-refractivity contribution in [1.82, 2.24) is 14.9 Å². The van der Waals surface area contributed by atoms with Crippen molar-refractivity contribution in [2.45, 2.75) is 26.3 Å². The zero-order valence-corrected chi connectivity index (χ0v) is 18.8. The molecule has 0 saturated carbocycles. The van der Waals surface area contributed by atoms with Crippen molar-refractivity contribution < 1.29 is 9.53 Å². The van der Waals surface area contributed by atoms with E-state index in [-0.39, 0.29) is 5.91 Å². The number of amides is 1. The van der Waals surface area contributed by atoms with Gasteiger partial charge in [-0.2, -0.15) is 0 Å². The lowest BCUT2D eigenvalue weighted by atomic mass is 10.1. The molecule has 1 aromatic heterocycles. The summed E-state index contributed by atoms with van der Waals surface area (Å²) in [6, 6.07) is 23.2. The number of hydrogen-bond acceptors (Lipinski definition) is 3. The maximum Gasteiger partial charge on any atom is 0.251 e. The molecule has 1 N–H and O–H groups in total. The first kappa shape index (κ1) is 21.9. The Morgan fingerprint density at radius 2 is 1.88 bits per heavy atom. The number of halogens is 1. The van der Waals surface area contributed by atoms with Gasteiger partial charge in [0, 0.05) is 18.5 Å². The molecule has 1 heterocycles. The molecule has 4 aromatic rings. The average molecular weight is 448 g/mol. The molecule has 1 amide bonds. The number of nitrogens with zero attached hydrogens (tertiary/aromatic N) is 2. The van der Waals surface area contributed by atoms with Gasteiger partial charge in [0.2, 0.25) is 0 Å². The van der Waals surface area contributed by atoms with Gasteiger partial charge >= 0.3 is 0 Å². The lowest BCUT2D eigenvalue weighted by Gasteiger charge is -2.12. The summed E-state index contributed by atoms with van der Waals surface area (Å²) in [6.45, 7) is 3.72. The molecule has 6 heteroatoms. The Balaban J connectivity index is 1.37. The third kappa shape index (κ3) is 5.29. The Labute approximate surface area is 193 Å². The molecule has 0 saturated heterocycles. The minimum Gasteiger partial charge on any atom is -0.490 e. The van der Waals surface area contributed by atoms with Crippen molar-refractivity contribution in [2.75, 3.05) is 13.2 Å². The summed E-state index contributed by atoms with van der Waals surface area (Å²) in [5, 5.41) is 3.61. The summed E-state index contributed by atoms with van der Waals surface area (Å²) < 4.78 is 8.08. The number of benzene rings is 3. The molecular weight excluding hydrogens is 422 g/mol. The van der Waals surface area contributed by atoms with Gasteiger partial charge in [-0.3, -0.25) is 4.79 Å². The van der Waals surface area contributed by atoms with E-state index in [9.17, 15) is 4.79 Å². The van der Waals surface area contributed by atoms with Crippen molar-refractivity contribution in [1.29, 1.82) is 0 Å². The van der Waals surface area contributed by atoms with Crippen LogP contribution in [0.3, 0.4) is 0 Å². The number of ether oxygens (including phenoxy) is 1. The third-order valence-electron chi connectivity index (χ3n) is 5.29. The quantitative estimate of drug-likeness (QED) is 0.347. The number of carbonyl (C=O) groups is 1. The van der Waals surface area contributed by atoms with Crippen LogP contribution in [-0.2, 0) is 13.0 Å². The lowest BCUT2D eigenvalue weighted by Crippen LogP contribution is -2.25. The molecular formula is C26H26ClN3O2. The van der Waals surface area contributed by atoms with Gasteiger partial charge < -0.3 is 14.6 Å². The molecule has 0 fully saturated rings. The Hall–Kier alpha value is -3.31. The summed E-state index contributed by atoms with van der Waals surface area (Å²) in [4.78, 5) is 17.2. The minimum atomic E-state index is -0.0460. The molecule has 0 bridgehead atoms. The summed E-state index contributed by atoms with van der Waals surface area (Å²) >= 11 is 6.20. The summed E-state index contributed by atoms with van der Waals surface area (Å²) in [5.74, 6) is 1.62. The number of nitrogens with one attached hydrogen (secondary N) is 1. The van der Waals surface area contributed by atoms with Crippen LogP contribution in [0.4, 0.5) is 0 Å². The Morgan fingerprint density at radius 1 is 1.06 bits per heavy atom. The van der Waals surface area contributed by atoms with E-state index in [2.05, 4.69) is 16.0 Å². The topological polar surface area (TPSA) is 56.2 Å². The number of fused-ring (bicyclic) bond motifs is 1. The minimum absolute atomic E-state index is 0.0460. The van der Waals surface area contributed by atoms with Crippen LogP contribution in [0.5, 0.6) is 5.75 Å². The number of aromatic nitrogens is 2. The van der Waals surface area contributed by atoms with E-state index in [1.807, 2.05) is 73.7 Å². The fourth-order valence-corrected chi connectivity index (χ4v) is 3.90. The SMILES string of the molecule is Cc1cccc(C(=O)NCCCc2nc3ccccc3n2CCOc2ccccc2Cl)c1. The van der Waals surface area contributed by atoms with Gasteiger partial charge in [0.15, 0.2) is 0 Å². The molecule has 32 heavy (non-hydrogen) atoms. The maximum absolute atomic E-state index is 12.4. The lowest BCUT2D eigenvalue weighted by molar-refractivity contribution is 0.0953. The number of aryl methyl sites for hydroxylation is 2. The van der Waals surface area contributed by atoms with Gasteiger partial charge in [0.05, 0.1) is 22.6 Å². The number of imidazole rings is 1. The van der Waals surface area contributed by atoms with Crippen LogP contribution in [0.1, 0.15) is 28.2 Å². The number of para-hydroxylation sites is 3. The van der Waals surface area contributed by atoms with Crippen molar-refractivity contribution in [3.8, 4) is 5.75 Å². The molecule has 5 nitrogen and oxygen atoms in total. The van der Waals surface area contributed by atoms with E-state index in [1.165, 1.54) is 0 Å². The van der Waals surface area contributed by atoms with Crippen LogP contribution in [0, 0.1) is 6.92 Å². The predicted octanol–water partition coefficient (Wildman–Crippen LogP) is 5.44. The van der Waals surface area contributed by atoms with Gasteiger partial charge in [0.1, 0.15) is 18.2 Å². The average Bonchev–Trinajstić information content (AvgIpc) is 3.15. The van der Waals surface area contributed by atoms with Gasteiger partial charge in [-0.25, -0.2) is 4.98 Å². The molecule has 0 spiro atoms. The Kier molecular flexibility index (Phi) is 7.07. The second-order valence-electron chi connectivity index (χ2n) is 7.68. The van der Waals surface area contributed by atoms with E-state index in [0.717, 1.165) is 35.3 Å². The van der Waals surface area contributed by atoms with Gasteiger partial charge in [-0.05, 0) is 49.7 Å².